The molecular formula is C22H22BrNO3. The van der Waals surface area contributed by atoms with Crippen LogP contribution in [-0.2, 0) is 4.79 Å². The van der Waals surface area contributed by atoms with E-state index >= 15 is 0 Å². The Morgan fingerprint density at radius 1 is 1.33 bits per heavy atom. The van der Waals surface area contributed by atoms with Gasteiger partial charge in [0.15, 0.2) is 0 Å². The minimum absolute atomic E-state index is 0.116. The fourth-order valence-electron chi connectivity index (χ4n) is 3.25. The Bertz CT molecular complexity index is 1030. The second-order valence-corrected chi connectivity index (χ2v) is 7.26. The van der Waals surface area contributed by atoms with Crippen LogP contribution in [-0.4, -0.2) is 19.6 Å². The van der Waals surface area contributed by atoms with Crippen molar-refractivity contribution in [3.8, 4) is 16.9 Å². The molecule has 1 heterocycles. The average Bonchev–Trinajstić information content (AvgIpc) is 3.06. The van der Waals surface area contributed by atoms with E-state index in [4.69, 9.17) is 9.15 Å². The fourth-order valence-corrected chi connectivity index (χ4v) is 3.65. The first-order valence-corrected chi connectivity index (χ1v) is 9.56. The fraction of sp³-hybridized carbons (Fsp3) is 0.227. The highest BCUT2D eigenvalue weighted by molar-refractivity contribution is 9.10. The minimum atomic E-state index is -0.116. The van der Waals surface area contributed by atoms with E-state index in [2.05, 4.69) is 27.3 Å². The molecule has 1 amide bonds. The summed E-state index contributed by atoms with van der Waals surface area (Å²) in [5.41, 5.74) is 5.48. The first kappa shape index (κ1) is 19.2. The number of likely N-dealkylation sites (N-methyl/N-ethyl adjacent to an activating group) is 1. The third-order valence-corrected chi connectivity index (χ3v) is 5.00. The minimum Gasteiger partial charge on any atom is -0.496 e. The number of fused-ring (bicyclic) bond motifs is 1. The molecule has 3 aromatic rings. The highest BCUT2D eigenvalue weighted by Gasteiger charge is 2.18. The van der Waals surface area contributed by atoms with Gasteiger partial charge in [-0.25, -0.2) is 0 Å². The molecule has 0 unspecified atom stereocenters. The molecule has 0 aliphatic rings. The van der Waals surface area contributed by atoms with E-state index in [1.165, 1.54) is 0 Å². The van der Waals surface area contributed by atoms with Crippen molar-refractivity contribution < 1.29 is 13.9 Å². The molecule has 1 aromatic heterocycles. The molecule has 3 rings (SSSR count). The number of furan rings is 1. The number of ether oxygens (including phenoxy) is 1. The second-order valence-electron chi connectivity index (χ2n) is 6.34. The van der Waals surface area contributed by atoms with Crippen LogP contribution in [0.3, 0.4) is 0 Å². The predicted molar refractivity (Wildman–Crippen MR) is 113 cm³/mol. The summed E-state index contributed by atoms with van der Waals surface area (Å²) in [7, 11) is 1.63. The lowest BCUT2D eigenvalue weighted by Gasteiger charge is -2.13. The van der Waals surface area contributed by atoms with Gasteiger partial charge in [-0.3, -0.25) is 4.79 Å². The number of hydrogen-bond acceptors (Lipinski definition) is 3. The van der Waals surface area contributed by atoms with E-state index in [-0.39, 0.29) is 5.91 Å². The second kappa shape index (κ2) is 8.01. The quantitative estimate of drug-likeness (QED) is 0.529. The van der Waals surface area contributed by atoms with Crippen LogP contribution < -0.4 is 10.1 Å². The average molecular weight is 428 g/mol. The SMILES string of the molecule is CCNC(=O)/C=C(\C)c1cc2c(-c3cccc(Br)c3)coc2c(C)c1OC. The van der Waals surface area contributed by atoms with E-state index < -0.39 is 0 Å². The van der Waals surface area contributed by atoms with Crippen molar-refractivity contribution in [2.24, 2.45) is 0 Å². The predicted octanol–water partition coefficient (Wildman–Crippen LogP) is 5.72. The maximum Gasteiger partial charge on any atom is 0.244 e. The van der Waals surface area contributed by atoms with Gasteiger partial charge in [0, 0.05) is 39.2 Å². The van der Waals surface area contributed by atoms with E-state index in [0.29, 0.717) is 6.54 Å². The summed E-state index contributed by atoms with van der Waals surface area (Å²) in [5.74, 6) is 0.602. The summed E-state index contributed by atoms with van der Waals surface area (Å²) in [6.45, 7) is 6.37. The normalized spacial score (nSPS) is 11.7. The molecule has 0 bridgehead atoms. The lowest BCUT2D eigenvalue weighted by molar-refractivity contribution is -0.116. The smallest absolute Gasteiger partial charge is 0.244 e. The molecule has 5 heteroatoms. The lowest BCUT2D eigenvalue weighted by Crippen LogP contribution is -2.20. The summed E-state index contributed by atoms with van der Waals surface area (Å²) in [6.07, 6.45) is 3.37. The summed E-state index contributed by atoms with van der Waals surface area (Å²) < 4.78 is 12.5. The van der Waals surface area contributed by atoms with Gasteiger partial charge in [0.1, 0.15) is 11.3 Å². The first-order chi connectivity index (χ1) is 13.0. The van der Waals surface area contributed by atoms with E-state index in [9.17, 15) is 4.79 Å². The highest BCUT2D eigenvalue weighted by Crippen LogP contribution is 2.40. The molecule has 1 N–H and O–H groups in total. The molecular weight excluding hydrogens is 406 g/mol. The van der Waals surface area contributed by atoms with Crippen molar-refractivity contribution in [1.29, 1.82) is 0 Å². The highest BCUT2D eigenvalue weighted by atomic mass is 79.9. The van der Waals surface area contributed by atoms with Crippen LogP contribution in [0.5, 0.6) is 5.75 Å². The molecule has 0 saturated carbocycles. The number of hydrogen-bond donors (Lipinski definition) is 1. The first-order valence-electron chi connectivity index (χ1n) is 8.77. The Labute approximate surface area is 167 Å². The number of allylic oxidation sites excluding steroid dienone is 1. The molecule has 0 atom stereocenters. The van der Waals surface area contributed by atoms with Gasteiger partial charge < -0.3 is 14.5 Å². The Kier molecular flexibility index (Phi) is 5.71. The molecule has 0 aliphatic heterocycles. The van der Waals surface area contributed by atoms with Gasteiger partial charge in [0.05, 0.1) is 13.4 Å². The monoisotopic (exact) mass is 427 g/mol. The summed E-state index contributed by atoms with van der Waals surface area (Å²) in [6, 6.07) is 10.1. The number of benzene rings is 2. The number of methoxy groups -OCH3 is 1. The molecule has 0 spiro atoms. The molecule has 0 aliphatic carbocycles. The molecule has 27 heavy (non-hydrogen) atoms. The van der Waals surface area contributed by atoms with Crippen LogP contribution in [0, 0.1) is 6.92 Å². The van der Waals surface area contributed by atoms with Crippen LogP contribution in [0.1, 0.15) is 25.0 Å². The number of carbonyl (C=O) groups excluding carboxylic acids is 1. The van der Waals surface area contributed by atoms with Crippen molar-refractivity contribution in [2.75, 3.05) is 13.7 Å². The maximum absolute atomic E-state index is 12.0. The van der Waals surface area contributed by atoms with Crippen LogP contribution in [0.2, 0.25) is 0 Å². The van der Waals surface area contributed by atoms with Crippen LogP contribution >= 0.6 is 15.9 Å². The van der Waals surface area contributed by atoms with Gasteiger partial charge in [0.2, 0.25) is 5.91 Å². The zero-order valence-electron chi connectivity index (χ0n) is 15.9. The summed E-state index contributed by atoms with van der Waals surface area (Å²) in [5, 5.41) is 3.78. The topological polar surface area (TPSA) is 51.5 Å². The third-order valence-electron chi connectivity index (χ3n) is 4.51. The number of amides is 1. The number of halogens is 1. The van der Waals surface area contributed by atoms with E-state index in [1.54, 1.807) is 19.4 Å². The van der Waals surface area contributed by atoms with E-state index in [0.717, 1.165) is 49.0 Å². The van der Waals surface area contributed by atoms with Crippen molar-refractivity contribution in [2.45, 2.75) is 20.8 Å². The van der Waals surface area contributed by atoms with Crippen molar-refractivity contribution in [1.82, 2.24) is 5.32 Å². The molecule has 0 fully saturated rings. The molecule has 4 nitrogen and oxygen atoms in total. The van der Waals surface area contributed by atoms with Crippen molar-refractivity contribution in [3.63, 3.8) is 0 Å². The summed E-state index contributed by atoms with van der Waals surface area (Å²) >= 11 is 3.52. The Morgan fingerprint density at radius 2 is 2.11 bits per heavy atom. The molecule has 0 radical (unpaired) electrons. The number of nitrogens with one attached hydrogen (secondary N) is 1. The lowest BCUT2D eigenvalue weighted by atomic mass is 9.96. The Hall–Kier alpha value is -2.53. The third kappa shape index (κ3) is 3.78. The standard InChI is InChI=1S/C22H22BrNO3/c1-5-24-20(25)9-13(2)17-11-18-19(15-7-6-8-16(23)10-15)12-27-22(18)14(3)21(17)26-4/h6-12H,5H2,1-4H3,(H,24,25)/b13-9+. The van der Waals surface area contributed by atoms with Crippen LogP contribution in [0.4, 0.5) is 0 Å². The Balaban J connectivity index is 2.22. The van der Waals surface area contributed by atoms with Gasteiger partial charge in [-0.1, -0.05) is 28.1 Å². The van der Waals surface area contributed by atoms with E-state index in [1.807, 2.05) is 45.0 Å². The number of rotatable bonds is 5. The maximum atomic E-state index is 12.0. The number of carbonyl (C=O) groups is 1. The van der Waals surface area contributed by atoms with Crippen molar-refractivity contribution in [3.05, 3.63) is 58.3 Å². The molecule has 140 valence electrons. The van der Waals surface area contributed by atoms with Crippen LogP contribution in [0.15, 0.2) is 51.6 Å². The van der Waals surface area contributed by atoms with Gasteiger partial charge in [-0.2, -0.15) is 0 Å². The van der Waals surface area contributed by atoms with Gasteiger partial charge in [0.25, 0.3) is 0 Å². The van der Waals surface area contributed by atoms with Gasteiger partial charge in [-0.15, -0.1) is 0 Å². The zero-order chi connectivity index (χ0) is 19.6. The van der Waals surface area contributed by atoms with Crippen LogP contribution in [0.25, 0.3) is 27.7 Å². The largest absolute Gasteiger partial charge is 0.496 e. The summed E-state index contributed by atoms with van der Waals surface area (Å²) in [4.78, 5) is 12.0. The number of aryl methyl sites for hydroxylation is 1. The molecule has 0 saturated heterocycles. The van der Waals surface area contributed by atoms with Gasteiger partial charge in [-0.05, 0) is 50.1 Å². The molecule has 2 aromatic carbocycles. The van der Waals surface area contributed by atoms with Gasteiger partial charge >= 0.3 is 0 Å². The van der Waals surface area contributed by atoms with Crippen molar-refractivity contribution >= 4 is 38.4 Å². The Morgan fingerprint density at radius 3 is 2.78 bits per heavy atom. The zero-order valence-corrected chi connectivity index (χ0v) is 17.4.